The zero-order chi connectivity index (χ0) is 27.5. The Morgan fingerprint density at radius 2 is 1.48 bits per heavy atom. The maximum atomic E-state index is 13.8. The van der Waals surface area contributed by atoms with E-state index in [1.54, 1.807) is 18.2 Å². The van der Waals surface area contributed by atoms with Gasteiger partial charge in [-0.25, -0.2) is 4.79 Å². The van der Waals surface area contributed by atoms with Crippen molar-refractivity contribution in [2.24, 2.45) is 4.99 Å². The standard InChI is InChI=1S/C33H25N3O4/c37-30(21-35-29-18-10-8-16-26(29)32(34-19-31(35)38)24-13-5-2-6-14-24)27-20-36(28-17-9-7-15-25(27)28)33(39)40-22-23-11-3-1-4-12-23/h1-18,20H,19,21-22H2. The molecule has 1 aromatic heterocycles. The molecule has 196 valence electrons. The van der Waals surface area contributed by atoms with E-state index in [2.05, 4.69) is 4.99 Å². The van der Waals surface area contributed by atoms with Crippen molar-refractivity contribution in [3.05, 3.63) is 138 Å². The first kappa shape index (κ1) is 25.0. The zero-order valence-corrected chi connectivity index (χ0v) is 21.6. The predicted octanol–water partition coefficient (Wildman–Crippen LogP) is 5.89. The topological polar surface area (TPSA) is 81.0 Å². The molecule has 1 aliphatic heterocycles. The normalized spacial score (nSPS) is 12.9. The highest BCUT2D eigenvalue weighted by molar-refractivity contribution is 6.21. The summed E-state index contributed by atoms with van der Waals surface area (Å²) in [5.74, 6) is -0.574. The third-order valence-electron chi connectivity index (χ3n) is 6.89. The summed E-state index contributed by atoms with van der Waals surface area (Å²) in [4.78, 5) is 46.2. The Morgan fingerprint density at radius 3 is 2.27 bits per heavy atom. The SMILES string of the molecule is O=C(CN1C(=O)CN=C(c2ccccc2)c2ccccc21)c1cn(C(=O)OCc2ccccc2)c2ccccc12. The minimum absolute atomic E-state index is 0.0836. The molecule has 0 N–H and O–H groups in total. The van der Waals surface area contributed by atoms with E-state index >= 15 is 0 Å². The molecule has 2 heterocycles. The lowest BCUT2D eigenvalue weighted by Gasteiger charge is -2.22. The number of ketones is 1. The molecular weight excluding hydrogens is 502 g/mol. The van der Waals surface area contributed by atoms with Crippen molar-refractivity contribution in [3.63, 3.8) is 0 Å². The lowest BCUT2D eigenvalue weighted by molar-refractivity contribution is -0.117. The van der Waals surface area contributed by atoms with Crippen LogP contribution in [0.1, 0.15) is 27.0 Å². The number of benzene rings is 4. The minimum atomic E-state index is -0.587. The summed E-state index contributed by atoms with van der Waals surface area (Å²) < 4.78 is 6.88. The molecule has 0 saturated heterocycles. The van der Waals surface area contributed by atoms with Gasteiger partial charge in [0.15, 0.2) is 5.78 Å². The molecule has 0 unspecified atom stereocenters. The number of aromatic nitrogens is 1. The maximum absolute atomic E-state index is 13.8. The van der Waals surface area contributed by atoms with Crippen molar-refractivity contribution < 1.29 is 19.1 Å². The van der Waals surface area contributed by atoms with Gasteiger partial charge in [-0.15, -0.1) is 0 Å². The second-order valence-corrected chi connectivity index (χ2v) is 9.42. The number of Topliss-reactive ketones (excluding diaryl/α,β-unsaturated/α-hetero) is 1. The van der Waals surface area contributed by atoms with Crippen LogP contribution in [-0.2, 0) is 16.1 Å². The zero-order valence-electron chi connectivity index (χ0n) is 21.6. The number of fused-ring (bicyclic) bond motifs is 2. The average molecular weight is 528 g/mol. The summed E-state index contributed by atoms with van der Waals surface area (Å²) in [6.07, 6.45) is 0.914. The number of para-hydroxylation sites is 2. The van der Waals surface area contributed by atoms with Gasteiger partial charge in [-0.3, -0.25) is 19.1 Å². The Hall–Kier alpha value is -5.30. The van der Waals surface area contributed by atoms with Gasteiger partial charge in [-0.1, -0.05) is 97.1 Å². The van der Waals surface area contributed by atoms with Gasteiger partial charge in [0.05, 0.1) is 23.5 Å². The number of rotatable bonds is 6. The molecule has 7 heteroatoms. The molecule has 40 heavy (non-hydrogen) atoms. The maximum Gasteiger partial charge on any atom is 0.418 e. The van der Waals surface area contributed by atoms with Crippen molar-refractivity contribution >= 4 is 40.1 Å². The molecule has 0 atom stereocenters. The fourth-order valence-electron chi connectivity index (χ4n) is 4.95. The van der Waals surface area contributed by atoms with Crippen LogP contribution in [0.5, 0.6) is 0 Å². The fraction of sp³-hybridized carbons (Fsp3) is 0.0909. The highest BCUT2D eigenvalue weighted by atomic mass is 16.5. The number of carbonyl (C=O) groups excluding carboxylic acids is 3. The smallest absolute Gasteiger partial charge is 0.418 e. The molecule has 0 bridgehead atoms. The number of hydrogen-bond donors (Lipinski definition) is 0. The first-order chi connectivity index (χ1) is 19.6. The molecule has 7 nitrogen and oxygen atoms in total. The van der Waals surface area contributed by atoms with Crippen LogP contribution in [0, 0.1) is 0 Å². The van der Waals surface area contributed by atoms with E-state index in [4.69, 9.17) is 4.74 Å². The summed E-state index contributed by atoms with van der Waals surface area (Å²) in [6.45, 7) is -0.168. The van der Waals surface area contributed by atoms with Crippen LogP contribution in [0.2, 0.25) is 0 Å². The molecule has 0 spiro atoms. The third-order valence-corrected chi connectivity index (χ3v) is 6.89. The van der Waals surface area contributed by atoms with Crippen LogP contribution in [0.4, 0.5) is 10.5 Å². The van der Waals surface area contributed by atoms with Crippen LogP contribution in [0.25, 0.3) is 10.9 Å². The van der Waals surface area contributed by atoms with Crippen molar-refractivity contribution in [2.45, 2.75) is 6.61 Å². The number of nitrogens with zero attached hydrogens (tertiary/aromatic N) is 3. The summed E-state index contributed by atoms with van der Waals surface area (Å²) in [6, 6.07) is 33.7. The number of carbonyl (C=O) groups is 3. The lowest BCUT2D eigenvalue weighted by Crippen LogP contribution is -2.37. The van der Waals surface area contributed by atoms with Crippen LogP contribution in [0.15, 0.2) is 120 Å². The summed E-state index contributed by atoms with van der Waals surface area (Å²) in [5.41, 5.74) is 4.75. The van der Waals surface area contributed by atoms with E-state index < -0.39 is 6.09 Å². The second-order valence-electron chi connectivity index (χ2n) is 9.42. The van der Waals surface area contributed by atoms with Crippen LogP contribution in [0.3, 0.4) is 0 Å². The molecule has 5 aromatic rings. The molecule has 1 aliphatic rings. The molecular formula is C33H25N3O4. The Morgan fingerprint density at radius 1 is 0.800 bits per heavy atom. The number of ether oxygens (including phenoxy) is 1. The Labute approximate surface area is 231 Å². The van der Waals surface area contributed by atoms with Gasteiger partial charge in [-0.2, -0.15) is 0 Å². The van der Waals surface area contributed by atoms with Gasteiger partial charge in [-0.05, 0) is 17.7 Å². The Kier molecular flexibility index (Phi) is 6.77. The predicted molar refractivity (Wildman–Crippen MR) is 154 cm³/mol. The van der Waals surface area contributed by atoms with Gasteiger partial charge in [0.2, 0.25) is 5.91 Å². The molecule has 4 aromatic carbocycles. The third kappa shape index (κ3) is 4.80. The van der Waals surface area contributed by atoms with Gasteiger partial charge in [0.1, 0.15) is 13.2 Å². The summed E-state index contributed by atoms with van der Waals surface area (Å²) in [5, 5.41) is 0.612. The van der Waals surface area contributed by atoms with Crippen molar-refractivity contribution in [1.29, 1.82) is 0 Å². The van der Waals surface area contributed by atoms with Gasteiger partial charge >= 0.3 is 6.09 Å². The van der Waals surface area contributed by atoms with Gasteiger partial charge < -0.3 is 9.64 Å². The van der Waals surface area contributed by atoms with Crippen molar-refractivity contribution in [2.75, 3.05) is 18.0 Å². The van der Waals surface area contributed by atoms with Crippen molar-refractivity contribution in [3.8, 4) is 0 Å². The van der Waals surface area contributed by atoms with Gasteiger partial charge in [0, 0.05) is 28.3 Å². The summed E-state index contributed by atoms with van der Waals surface area (Å²) in [7, 11) is 0. The lowest BCUT2D eigenvalue weighted by atomic mass is 10.00. The van der Waals surface area contributed by atoms with E-state index in [1.165, 1.54) is 15.7 Å². The molecule has 0 fully saturated rings. The molecule has 0 aliphatic carbocycles. The van der Waals surface area contributed by atoms with E-state index in [0.29, 0.717) is 27.9 Å². The number of hydrogen-bond acceptors (Lipinski definition) is 5. The Balaban J connectivity index is 1.31. The quantitative estimate of drug-likeness (QED) is 0.258. The van der Waals surface area contributed by atoms with Crippen LogP contribution >= 0.6 is 0 Å². The highest BCUT2D eigenvalue weighted by Crippen LogP contribution is 2.28. The highest BCUT2D eigenvalue weighted by Gasteiger charge is 2.28. The number of benzodiazepines with no additional fused rings is 1. The largest absolute Gasteiger partial charge is 0.444 e. The van der Waals surface area contributed by atoms with Crippen LogP contribution in [-0.4, -0.2) is 41.2 Å². The second kappa shape index (κ2) is 10.8. The number of aliphatic imine (C=N–C) groups is 1. The molecule has 1 amide bonds. The van der Waals surface area contributed by atoms with Crippen LogP contribution < -0.4 is 4.90 Å². The van der Waals surface area contributed by atoms with E-state index in [1.807, 2.05) is 91.0 Å². The van der Waals surface area contributed by atoms with Gasteiger partial charge in [0.25, 0.3) is 0 Å². The first-order valence-corrected chi connectivity index (χ1v) is 12.9. The average Bonchev–Trinajstić information content (AvgIpc) is 3.34. The fourth-order valence-corrected chi connectivity index (χ4v) is 4.95. The number of amides is 1. The summed E-state index contributed by atoms with van der Waals surface area (Å²) >= 11 is 0. The minimum Gasteiger partial charge on any atom is -0.444 e. The Bertz CT molecular complexity index is 1760. The van der Waals surface area contributed by atoms with E-state index in [0.717, 1.165) is 16.7 Å². The molecule has 0 saturated carbocycles. The monoisotopic (exact) mass is 527 g/mol. The van der Waals surface area contributed by atoms with E-state index in [9.17, 15) is 14.4 Å². The van der Waals surface area contributed by atoms with E-state index in [-0.39, 0.29) is 31.4 Å². The first-order valence-electron chi connectivity index (χ1n) is 12.9. The number of anilines is 1. The molecule has 6 rings (SSSR count). The van der Waals surface area contributed by atoms with Crippen molar-refractivity contribution in [1.82, 2.24) is 4.57 Å². The molecule has 0 radical (unpaired) electrons.